The molecule has 180 valence electrons. The number of nitrogens with one attached hydrogen (secondary N) is 1. The van der Waals surface area contributed by atoms with Crippen LogP contribution in [0.4, 0.5) is 50.9 Å². The SMILES string of the molecule is O=C(Nc1c(Br)cc(C(F)(C(F)(F)F)C(F)(F)F)cc1OC(F)F)c1cccc([N+](=O)[O-])c1. The molecular formula is C17H8BrF9N2O4. The van der Waals surface area contributed by atoms with E-state index >= 15 is 0 Å². The van der Waals surface area contributed by atoms with Crippen molar-refractivity contribution in [1.82, 2.24) is 0 Å². The topological polar surface area (TPSA) is 81.5 Å². The highest BCUT2D eigenvalue weighted by Crippen LogP contribution is 2.55. The van der Waals surface area contributed by atoms with Crippen molar-refractivity contribution in [1.29, 1.82) is 0 Å². The molecule has 0 aromatic heterocycles. The molecule has 0 unspecified atom stereocenters. The monoisotopic (exact) mass is 554 g/mol. The Morgan fingerprint density at radius 2 is 1.61 bits per heavy atom. The van der Waals surface area contributed by atoms with Gasteiger partial charge in [0.2, 0.25) is 0 Å². The van der Waals surface area contributed by atoms with E-state index in [1.54, 1.807) is 0 Å². The Hall–Kier alpha value is -3.04. The largest absolute Gasteiger partial charge is 0.435 e. The van der Waals surface area contributed by atoms with Gasteiger partial charge < -0.3 is 10.1 Å². The summed E-state index contributed by atoms with van der Waals surface area (Å²) in [6.07, 6.45) is -13.1. The van der Waals surface area contributed by atoms with Gasteiger partial charge in [-0.1, -0.05) is 6.07 Å². The molecule has 0 atom stereocenters. The molecule has 0 saturated carbocycles. The second-order valence-electron chi connectivity index (χ2n) is 6.13. The number of rotatable bonds is 6. The van der Waals surface area contributed by atoms with Crippen LogP contribution in [0.15, 0.2) is 40.9 Å². The van der Waals surface area contributed by atoms with Crippen molar-refractivity contribution in [3.05, 3.63) is 62.1 Å². The molecule has 0 saturated heterocycles. The molecule has 16 heteroatoms. The smallest absolute Gasteiger partial charge is 0.433 e. The Labute approximate surface area is 185 Å². The van der Waals surface area contributed by atoms with E-state index in [0.717, 1.165) is 24.3 Å². The second kappa shape index (κ2) is 9.07. The van der Waals surface area contributed by atoms with Crippen LogP contribution in [0.3, 0.4) is 0 Å². The number of nitro benzene ring substituents is 1. The molecule has 1 N–H and O–H groups in total. The molecule has 0 aliphatic carbocycles. The molecule has 2 aromatic carbocycles. The minimum Gasteiger partial charge on any atom is -0.433 e. The van der Waals surface area contributed by atoms with Crippen LogP contribution < -0.4 is 10.1 Å². The number of halogens is 10. The first-order chi connectivity index (χ1) is 15.0. The maximum Gasteiger partial charge on any atom is 0.435 e. The lowest BCUT2D eigenvalue weighted by Crippen LogP contribution is -2.50. The van der Waals surface area contributed by atoms with E-state index < -0.39 is 68.2 Å². The van der Waals surface area contributed by atoms with Gasteiger partial charge in [-0.15, -0.1) is 0 Å². The molecule has 0 radical (unpaired) electrons. The molecule has 33 heavy (non-hydrogen) atoms. The Bertz CT molecular complexity index is 1060. The predicted molar refractivity (Wildman–Crippen MR) is 96.7 cm³/mol. The third-order valence-corrected chi connectivity index (χ3v) is 4.63. The lowest BCUT2D eigenvalue weighted by Gasteiger charge is -2.31. The molecule has 2 aromatic rings. The van der Waals surface area contributed by atoms with Crippen molar-refractivity contribution < 1.29 is 54.0 Å². The third-order valence-electron chi connectivity index (χ3n) is 4.01. The first-order valence-electron chi connectivity index (χ1n) is 8.16. The van der Waals surface area contributed by atoms with Crippen LogP contribution in [0.25, 0.3) is 0 Å². The summed E-state index contributed by atoms with van der Waals surface area (Å²) in [5, 5.41) is 12.7. The number of amides is 1. The zero-order valence-corrected chi connectivity index (χ0v) is 17.0. The minimum absolute atomic E-state index is 0.0254. The van der Waals surface area contributed by atoms with Gasteiger partial charge in [-0.3, -0.25) is 14.9 Å². The van der Waals surface area contributed by atoms with Gasteiger partial charge in [0, 0.05) is 27.7 Å². The molecule has 0 spiro atoms. The molecule has 0 aliphatic heterocycles. The van der Waals surface area contributed by atoms with Gasteiger partial charge in [-0.05, 0) is 34.1 Å². The lowest BCUT2D eigenvalue weighted by molar-refractivity contribution is -0.384. The average Bonchev–Trinajstić information content (AvgIpc) is 2.67. The van der Waals surface area contributed by atoms with E-state index in [0.29, 0.717) is 0 Å². The van der Waals surface area contributed by atoms with E-state index in [2.05, 4.69) is 20.7 Å². The van der Waals surface area contributed by atoms with Gasteiger partial charge in [0.25, 0.3) is 11.6 Å². The van der Waals surface area contributed by atoms with Gasteiger partial charge in [0.15, 0.2) is 5.75 Å². The van der Waals surface area contributed by atoms with Crippen molar-refractivity contribution in [3.8, 4) is 5.75 Å². The zero-order chi connectivity index (χ0) is 25.4. The summed E-state index contributed by atoms with van der Waals surface area (Å²) in [6.45, 7) is -3.80. The number of nitrogens with zero attached hydrogens (tertiary/aromatic N) is 1. The zero-order valence-electron chi connectivity index (χ0n) is 15.4. The first-order valence-corrected chi connectivity index (χ1v) is 8.95. The quantitative estimate of drug-likeness (QED) is 0.251. The highest BCUT2D eigenvalue weighted by atomic mass is 79.9. The molecule has 1 amide bonds. The molecule has 6 nitrogen and oxygen atoms in total. The highest BCUT2D eigenvalue weighted by Gasteiger charge is 2.73. The summed E-state index contributed by atoms with van der Waals surface area (Å²) in [6, 6.07) is 3.56. The maximum absolute atomic E-state index is 14.3. The Kier molecular flexibility index (Phi) is 7.21. The standard InChI is InChI=1S/C17H8BrF9N2O4/c18-10-5-8(15(21,16(22,23)24)17(25,26)27)6-11(33-14(19)20)12(10)28-13(30)7-2-1-3-9(4-7)29(31)32/h1-6,14H,(H,28,30). The molecule has 0 heterocycles. The van der Waals surface area contributed by atoms with E-state index in [4.69, 9.17) is 0 Å². The van der Waals surface area contributed by atoms with Crippen LogP contribution in [0, 0.1) is 10.1 Å². The first kappa shape index (κ1) is 26.2. The van der Waals surface area contributed by atoms with E-state index in [-0.39, 0.29) is 12.1 Å². The van der Waals surface area contributed by atoms with E-state index in [9.17, 15) is 54.4 Å². The fraction of sp³-hybridized carbons (Fsp3) is 0.235. The summed E-state index contributed by atoms with van der Waals surface area (Å²) in [4.78, 5) is 22.3. The minimum atomic E-state index is -6.54. The van der Waals surface area contributed by atoms with Crippen LogP contribution in [-0.2, 0) is 5.67 Å². The summed E-state index contributed by atoms with van der Waals surface area (Å²) in [5.41, 5.74) is -9.99. The van der Waals surface area contributed by atoms with Crippen LogP contribution in [-0.4, -0.2) is 29.8 Å². The number of carbonyl (C=O) groups excluding carboxylic acids is 1. The van der Waals surface area contributed by atoms with Crippen LogP contribution >= 0.6 is 15.9 Å². The summed E-state index contributed by atoms with van der Waals surface area (Å²) in [7, 11) is 0. The number of alkyl halides is 9. The van der Waals surface area contributed by atoms with Crippen LogP contribution in [0.2, 0.25) is 0 Å². The predicted octanol–water partition coefficient (Wildman–Crippen LogP) is 6.50. The number of hydrogen-bond donors (Lipinski definition) is 1. The van der Waals surface area contributed by atoms with Gasteiger partial charge in [-0.25, -0.2) is 4.39 Å². The van der Waals surface area contributed by atoms with Crippen LogP contribution in [0.1, 0.15) is 15.9 Å². The van der Waals surface area contributed by atoms with Gasteiger partial charge >= 0.3 is 24.6 Å². The van der Waals surface area contributed by atoms with Gasteiger partial charge in [0.05, 0.1) is 10.6 Å². The van der Waals surface area contributed by atoms with Crippen molar-refractivity contribution in [2.75, 3.05) is 5.32 Å². The number of ether oxygens (including phenoxy) is 1. The van der Waals surface area contributed by atoms with Gasteiger partial charge in [-0.2, -0.15) is 35.1 Å². The molecule has 0 bridgehead atoms. The summed E-state index contributed by atoms with van der Waals surface area (Å²) >= 11 is 2.50. The fourth-order valence-electron chi connectivity index (χ4n) is 2.53. The number of non-ortho nitro benzene ring substituents is 1. The number of nitro groups is 1. The number of hydrogen-bond acceptors (Lipinski definition) is 4. The number of carbonyl (C=O) groups is 1. The number of benzene rings is 2. The van der Waals surface area contributed by atoms with E-state index in [1.165, 1.54) is 0 Å². The maximum atomic E-state index is 14.3. The second-order valence-corrected chi connectivity index (χ2v) is 6.98. The normalized spacial score (nSPS) is 12.6. The summed E-state index contributed by atoms with van der Waals surface area (Å²) in [5.74, 6) is -2.67. The Balaban J connectivity index is 2.62. The Morgan fingerprint density at radius 1 is 1.03 bits per heavy atom. The average molecular weight is 555 g/mol. The molecule has 0 aliphatic rings. The van der Waals surface area contributed by atoms with Crippen molar-refractivity contribution in [2.45, 2.75) is 24.6 Å². The third kappa shape index (κ3) is 5.31. The molecule has 2 rings (SSSR count). The highest BCUT2D eigenvalue weighted by molar-refractivity contribution is 9.10. The summed E-state index contributed by atoms with van der Waals surface area (Å²) < 4.78 is 121. The van der Waals surface area contributed by atoms with Crippen molar-refractivity contribution in [2.24, 2.45) is 0 Å². The lowest BCUT2D eigenvalue weighted by atomic mass is 9.93. The number of anilines is 1. The van der Waals surface area contributed by atoms with Crippen LogP contribution in [0.5, 0.6) is 5.75 Å². The fourth-order valence-corrected chi connectivity index (χ4v) is 3.07. The van der Waals surface area contributed by atoms with Crippen molar-refractivity contribution in [3.63, 3.8) is 0 Å². The Morgan fingerprint density at radius 3 is 2.09 bits per heavy atom. The van der Waals surface area contributed by atoms with Gasteiger partial charge in [0.1, 0.15) is 0 Å². The molecular weight excluding hydrogens is 547 g/mol. The molecule has 0 fully saturated rings. The van der Waals surface area contributed by atoms with Crippen molar-refractivity contribution >= 4 is 33.2 Å². The van der Waals surface area contributed by atoms with E-state index in [1.807, 2.05) is 5.32 Å².